The molecule has 2 atom stereocenters. The van der Waals surface area contributed by atoms with Crippen LogP contribution in [0.4, 0.5) is 0 Å². The van der Waals surface area contributed by atoms with Crippen molar-refractivity contribution in [2.24, 2.45) is 11.8 Å². The lowest BCUT2D eigenvalue weighted by atomic mass is 9.99. The number of imidazole rings is 1. The zero-order valence-corrected chi connectivity index (χ0v) is 9.72. The van der Waals surface area contributed by atoms with Crippen molar-refractivity contribution in [2.75, 3.05) is 13.2 Å². The largest absolute Gasteiger partial charge is 0.381 e. The summed E-state index contributed by atoms with van der Waals surface area (Å²) in [6.45, 7) is 4.77. The maximum absolute atomic E-state index is 5.62. The van der Waals surface area contributed by atoms with E-state index in [0.29, 0.717) is 5.92 Å². The van der Waals surface area contributed by atoms with E-state index >= 15 is 0 Å². The van der Waals surface area contributed by atoms with Crippen molar-refractivity contribution in [3.05, 3.63) is 18.2 Å². The summed E-state index contributed by atoms with van der Waals surface area (Å²) in [7, 11) is 0. The molecular weight excluding hydrogens is 204 g/mol. The summed E-state index contributed by atoms with van der Waals surface area (Å²) < 4.78 is 7.51. The van der Waals surface area contributed by atoms with Crippen molar-refractivity contribution in [1.82, 2.24) is 15.0 Å². The lowest BCUT2D eigenvalue weighted by molar-refractivity contribution is 0.181. The first-order valence-electron chi connectivity index (χ1n) is 5.90. The zero-order valence-electron chi connectivity index (χ0n) is 9.72. The molecule has 2 rings (SSSR count). The molecule has 0 saturated carbocycles. The fraction of sp³-hybridized carbons (Fsp3) is 0.727. The highest BCUT2D eigenvalue weighted by Crippen LogP contribution is 2.25. The van der Waals surface area contributed by atoms with E-state index in [1.165, 1.54) is 0 Å². The highest BCUT2D eigenvalue weighted by Gasteiger charge is 2.23. The molecule has 0 bridgehead atoms. The second-order valence-corrected chi connectivity index (χ2v) is 4.26. The molecule has 3 N–H and O–H groups in total. The van der Waals surface area contributed by atoms with Crippen LogP contribution in [-0.2, 0) is 11.3 Å². The van der Waals surface area contributed by atoms with Crippen LogP contribution in [0.5, 0.6) is 0 Å². The number of nitrogens with two attached hydrogens (primary N) is 1. The van der Waals surface area contributed by atoms with E-state index in [1.54, 1.807) is 0 Å². The number of nitrogens with zero attached hydrogens (tertiary/aromatic N) is 2. The molecule has 90 valence electrons. The van der Waals surface area contributed by atoms with Crippen LogP contribution in [0.15, 0.2) is 12.4 Å². The molecule has 0 radical (unpaired) electrons. The lowest BCUT2D eigenvalue weighted by Crippen LogP contribution is -2.32. The number of ether oxygens (including phenoxy) is 1. The summed E-state index contributed by atoms with van der Waals surface area (Å²) in [5.74, 6) is 7.25. The van der Waals surface area contributed by atoms with Gasteiger partial charge < -0.3 is 9.30 Å². The lowest BCUT2D eigenvalue weighted by Gasteiger charge is -2.19. The van der Waals surface area contributed by atoms with Crippen molar-refractivity contribution < 1.29 is 4.74 Å². The minimum Gasteiger partial charge on any atom is -0.381 e. The Morgan fingerprint density at radius 2 is 2.62 bits per heavy atom. The number of hydrogen-bond donors (Lipinski definition) is 2. The Labute approximate surface area is 96.0 Å². The topological polar surface area (TPSA) is 65.1 Å². The van der Waals surface area contributed by atoms with Crippen LogP contribution in [0, 0.1) is 5.92 Å². The molecule has 0 amide bonds. The van der Waals surface area contributed by atoms with E-state index in [-0.39, 0.29) is 6.04 Å². The Morgan fingerprint density at radius 1 is 1.75 bits per heavy atom. The van der Waals surface area contributed by atoms with Gasteiger partial charge in [0.05, 0.1) is 6.04 Å². The van der Waals surface area contributed by atoms with E-state index in [2.05, 4.69) is 21.9 Å². The molecule has 2 heterocycles. The molecule has 0 aromatic carbocycles. The molecule has 1 aromatic heterocycles. The van der Waals surface area contributed by atoms with Gasteiger partial charge in [-0.1, -0.05) is 0 Å². The molecule has 5 heteroatoms. The first kappa shape index (κ1) is 11.6. The summed E-state index contributed by atoms with van der Waals surface area (Å²) in [5.41, 5.74) is 2.87. The van der Waals surface area contributed by atoms with Crippen molar-refractivity contribution in [2.45, 2.75) is 32.4 Å². The summed E-state index contributed by atoms with van der Waals surface area (Å²) in [6.07, 6.45) is 5.94. The summed E-state index contributed by atoms with van der Waals surface area (Å²) in [6, 6.07) is 0.127. The van der Waals surface area contributed by atoms with Crippen molar-refractivity contribution in [3.63, 3.8) is 0 Å². The molecule has 1 aliphatic heterocycles. The smallest absolute Gasteiger partial charge is 0.127 e. The maximum Gasteiger partial charge on any atom is 0.127 e. The normalized spacial score (nSPS) is 22.5. The van der Waals surface area contributed by atoms with Gasteiger partial charge in [0.2, 0.25) is 0 Å². The standard InChI is InChI=1S/C11H20N4O/c1-2-15-5-4-13-11(15)10(14-12)7-9-3-6-16-8-9/h4-5,9-10,14H,2-3,6-8,12H2,1H3. The number of aryl methyl sites for hydroxylation is 1. The van der Waals surface area contributed by atoms with Crippen LogP contribution < -0.4 is 11.3 Å². The molecule has 1 aromatic rings. The van der Waals surface area contributed by atoms with Gasteiger partial charge in [-0.3, -0.25) is 5.84 Å². The van der Waals surface area contributed by atoms with Gasteiger partial charge >= 0.3 is 0 Å². The predicted molar refractivity (Wildman–Crippen MR) is 61.5 cm³/mol. The van der Waals surface area contributed by atoms with Crippen LogP contribution in [0.3, 0.4) is 0 Å². The SMILES string of the molecule is CCn1ccnc1C(CC1CCOC1)NN. The highest BCUT2D eigenvalue weighted by molar-refractivity contribution is 4.99. The third-order valence-electron chi connectivity index (χ3n) is 3.19. The fourth-order valence-electron chi connectivity index (χ4n) is 2.25. The summed E-state index contributed by atoms with van der Waals surface area (Å²) in [4.78, 5) is 4.38. The van der Waals surface area contributed by atoms with Crippen molar-refractivity contribution >= 4 is 0 Å². The van der Waals surface area contributed by atoms with Crippen molar-refractivity contribution in [1.29, 1.82) is 0 Å². The van der Waals surface area contributed by atoms with Gasteiger partial charge in [-0.05, 0) is 25.7 Å². The Morgan fingerprint density at radius 3 is 3.25 bits per heavy atom. The van der Waals surface area contributed by atoms with Crippen molar-refractivity contribution in [3.8, 4) is 0 Å². The quantitative estimate of drug-likeness (QED) is 0.574. The van der Waals surface area contributed by atoms with Crippen LogP contribution in [0.25, 0.3) is 0 Å². The Balaban J connectivity index is 2.03. The third-order valence-corrected chi connectivity index (χ3v) is 3.19. The second-order valence-electron chi connectivity index (χ2n) is 4.26. The van der Waals surface area contributed by atoms with Gasteiger partial charge in [-0.2, -0.15) is 0 Å². The van der Waals surface area contributed by atoms with Gasteiger partial charge in [0.1, 0.15) is 5.82 Å². The Bertz CT molecular complexity index is 320. The van der Waals surface area contributed by atoms with Crippen LogP contribution >= 0.6 is 0 Å². The molecule has 0 aliphatic carbocycles. The van der Waals surface area contributed by atoms with Gasteiger partial charge in [-0.15, -0.1) is 0 Å². The van der Waals surface area contributed by atoms with E-state index in [9.17, 15) is 0 Å². The van der Waals surface area contributed by atoms with Gasteiger partial charge in [0.15, 0.2) is 0 Å². The van der Waals surface area contributed by atoms with Crippen LogP contribution in [-0.4, -0.2) is 22.8 Å². The molecule has 0 spiro atoms. The molecular formula is C11H20N4O. The van der Waals surface area contributed by atoms with E-state index < -0.39 is 0 Å². The van der Waals surface area contributed by atoms with Crippen LogP contribution in [0.1, 0.15) is 31.6 Å². The van der Waals surface area contributed by atoms with Gasteiger partial charge in [0, 0.05) is 32.2 Å². The predicted octanol–water partition coefficient (Wildman–Crippen LogP) is 0.834. The zero-order chi connectivity index (χ0) is 11.4. The summed E-state index contributed by atoms with van der Waals surface area (Å²) >= 11 is 0. The Kier molecular flexibility index (Phi) is 3.93. The highest BCUT2D eigenvalue weighted by atomic mass is 16.5. The first-order valence-corrected chi connectivity index (χ1v) is 5.90. The summed E-state index contributed by atoms with van der Waals surface area (Å²) in [5, 5.41) is 0. The second kappa shape index (κ2) is 5.43. The average molecular weight is 224 g/mol. The number of rotatable bonds is 5. The number of hydrogen-bond acceptors (Lipinski definition) is 4. The molecule has 2 unspecified atom stereocenters. The number of aromatic nitrogens is 2. The van der Waals surface area contributed by atoms with Gasteiger partial charge in [0.25, 0.3) is 0 Å². The molecule has 5 nitrogen and oxygen atoms in total. The average Bonchev–Trinajstić information content (AvgIpc) is 2.96. The first-order chi connectivity index (χ1) is 7.85. The molecule has 1 fully saturated rings. The van der Waals surface area contributed by atoms with E-state index in [0.717, 1.165) is 38.4 Å². The van der Waals surface area contributed by atoms with E-state index in [4.69, 9.17) is 10.6 Å². The monoisotopic (exact) mass is 224 g/mol. The fourth-order valence-corrected chi connectivity index (χ4v) is 2.25. The Hall–Kier alpha value is -0.910. The van der Waals surface area contributed by atoms with Gasteiger partial charge in [-0.25, -0.2) is 10.4 Å². The maximum atomic E-state index is 5.62. The molecule has 1 aliphatic rings. The van der Waals surface area contributed by atoms with E-state index in [1.807, 2.05) is 12.4 Å². The number of hydrazine groups is 1. The molecule has 16 heavy (non-hydrogen) atoms. The molecule has 1 saturated heterocycles. The minimum atomic E-state index is 0.127. The number of nitrogens with one attached hydrogen (secondary N) is 1. The van der Waals surface area contributed by atoms with Crippen LogP contribution in [0.2, 0.25) is 0 Å². The minimum absolute atomic E-state index is 0.127. The third kappa shape index (κ3) is 2.42.